The monoisotopic (exact) mass is 490 g/mol. The smallest absolute Gasteiger partial charge is 0.390 e. The largest absolute Gasteiger partial charge is 0.419 e. The molecule has 0 radical (unpaired) electrons. The molecular formula is C21H26F4N4O3S. The summed E-state index contributed by atoms with van der Waals surface area (Å²) in [4.78, 5) is 7.43. The van der Waals surface area contributed by atoms with Crippen molar-refractivity contribution in [1.29, 1.82) is 0 Å². The third-order valence-electron chi connectivity index (χ3n) is 5.46. The average molecular weight is 491 g/mol. The van der Waals surface area contributed by atoms with Gasteiger partial charge in [-0.05, 0) is 64.7 Å². The molecule has 7 nitrogen and oxygen atoms in total. The van der Waals surface area contributed by atoms with Crippen molar-refractivity contribution in [2.75, 3.05) is 5.32 Å². The normalized spacial score (nSPS) is 21.9. The van der Waals surface area contributed by atoms with E-state index in [0.717, 1.165) is 12.1 Å². The molecule has 12 heteroatoms. The Morgan fingerprint density at radius 1 is 1.21 bits per heavy atom. The second-order valence-corrected chi connectivity index (χ2v) is 10.5. The van der Waals surface area contributed by atoms with Crippen LogP contribution < -0.4 is 10.0 Å². The maximum atomic E-state index is 14.6. The fourth-order valence-corrected chi connectivity index (χ4v) is 5.02. The van der Waals surface area contributed by atoms with Gasteiger partial charge in [-0.2, -0.15) is 13.2 Å². The van der Waals surface area contributed by atoms with Gasteiger partial charge in [0.05, 0.1) is 27.4 Å². The van der Waals surface area contributed by atoms with E-state index >= 15 is 0 Å². The van der Waals surface area contributed by atoms with E-state index in [2.05, 4.69) is 20.0 Å². The van der Waals surface area contributed by atoms with Gasteiger partial charge in [0.1, 0.15) is 5.82 Å². The highest BCUT2D eigenvalue weighted by Gasteiger charge is 2.39. The summed E-state index contributed by atoms with van der Waals surface area (Å²) in [7, 11) is -3.92. The minimum atomic E-state index is -4.67. The topological polar surface area (TPSA) is 104 Å². The molecule has 3 N–H and O–H groups in total. The van der Waals surface area contributed by atoms with Crippen LogP contribution in [0.5, 0.6) is 0 Å². The molecule has 0 aliphatic heterocycles. The summed E-state index contributed by atoms with van der Waals surface area (Å²) >= 11 is 0. The first-order valence-corrected chi connectivity index (χ1v) is 11.9. The number of nitrogens with one attached hydrogen (secondary N) is 2. The second-order valence-electron chi connectivity index (χ2n) is 8.80. The number of benzene rings is 1. The average Bonchev–Trinajstić information content (AvgIpc) is 2.67. The van der Waals surface area contributed by atoms with Crippen LogP contribution in [-0.4, -0.2) is 35.1 Å². The van der Waals surface area contributed by atoms with Crippen LogP contribution in [0.4, 0.5) is 29.2 Å². The highest BCUT2D eigenvalue weighted by Crippen LogP contribution is 2.42. The summed E-state index contributed by atoms with van der Waals surface area (Å²) in [5.74, 6) is -1.71. The number of halogens is 4. The van der Waals surface area contributed by atoms with Crippen LogP contribution in [0.25, 0.3) is 0 Å². The van der Waals surface area contributed by atoms with Crippen molar-refractivity contribution < 1.29 is 31.1 Å². The molecule has 0 atom stereocenters. The van der Waals surface area contributed by atoms with Crippen molar-refractivity contribution in [1.82, 2.24) is 14.7 Å². The lowest BCUT2D eigenvalue weighted by Crippen LogP contribution is -2.30. The lowest BCUT2D eigenvalue weighted by molar-refractivity contribution is -0.139. The van der Waals surface area contributed by atoms with Gasteiger partial charge >= 0.3 is 6.18 Å². The van der Waals surface area contributed by atoms with Crippen molar-refractivity contribution in [2.24, 2.45) is 0 Å². The van der Waals surface area contributed by atoms with E-state index < -0.39 is 45.1 Å². The van der Waals surface area contributed by atoms with Crippen LogP contribution in [0.15, 0.2) is 29.3 Å². The maximum Gasteiger partial charge on any atom is 0.419 e. The Morgan fingerprint density at radius 2 is 1.85 bits per heavy atom. The molecule has 1 aliphatic rings. The molecule has 0 bridgehead atoms. The second kappa shape index (κ2) is 9.15. The zero-order chi connectivity index (χ0) is 24.6. The van der Waals surface area contributed by atoms with Gasteiger partial charge in [-0.15, -0.1) is 0 Å². The van der Waals surface area contributed by atoms with Gasteiger partial charge in [-0.1, -0.05) is 0 Å². The number of nitrogens with zero attached hydrogens (tertiary/aromatic N) is 2. The molecule has 0 spiro atoms. The Kier molecular flexibility index (Phi) is 7.02. The van der Waals surface area contributed by atoms with Gasteiger partial charge in [-0.25, -0.2) is 27.5 Å². The molecule has 1 aromatic carbocycles. The Balaban J connectivity index is 1.90. The van der Waals surface area contributed by atoms with E-state index in [1.807, 2.05) is 0 Å². The summed E-state index contributed by atoms with van der Waals surface area (Å²) < 4.78 is 82.0. The first-order chi connectivity index (χ1) is 15.2. The fraction of sp³-hybridized carbons (Fsp3) is 0.524. The van der Waals surface area contributed by atoms with Crippen LogP contribution in [-0.2, 0) is 16.2 Å². The predicted molar refractivity (Wildman–Crippen MR) is 114 cm³/mol. The van der Waals surface area contributed by atoms with Crippen LogP contribution in [0.1, 0.15) is 63.6 Å². The van der Waals surface area contributed by atoms with Crippen LogP contribution >= 0.6 is 0 Å². The number of aromatic nitrogens is 2. The predicted octanol–water partition coefficient (Wildman–Crippen LogP) is 4.47. The van der Waals surface area contributed by atoms with E-state index in [1.54, 1.807) is 20.8 Å². The van der Waals surface area contributed by atoms with E-state index in [0.29, 0.717) is 31.9 Å². The minimum absolute atomic E-state index is 0.184. The van der Waals surface area contributed by atoms with Crippen molar-refractivity contribution >= 4 is 21.7 Å². The summed E-state index contributed by atoms with van der Waals surface area (Å²) in [5, 5.41) is 12.7. The van der Waals surface area contributed by atoms with Gasteiger partial charge in [-0.3, -0.25) is 0 Å². The number of aliphatic hydroxyl groups is 1. The maximum absolute atomic E-state index is 14.6. The van der Waals surface area contributed by atoms with Crippen molar-refractivity contribution in [3.63, 3.8) is 0 Å². The summed E-state index contributed by atoms with van der Waals surface area (Å²) in [6, 6.07) is 2.74. The molecule has 182 valence electrons. The Hall–Kier alpha value is -2.31. The minimum Gasteiger partial charge on any atom is -0.390 e. The summed E-state index contributed by atoms with van der Waals surface area (Å²) in [5.41, 5.74) is -2.30. The standard InChI is InChI=1S/C21H26F4N4O3S/c1-12(2)29-33(31,32)14-4-5-17(16(22)10-14)27-19-26-11-15(21(23,24)25)18(28-19)13-6-8-20(3,30)9-7-13/h4-5,10-13,29-30H,6-9H2,1-3H3,(H,26,27,28). The number of hydrogen-bond acceptors (Lipinski definition) is 6. The van der Waals surface area contributed by atoms with Crippen LogP contribution in [0.3, 0.4) is 0 Å². The molecule has 1 aromatic heterocycles. The number of anilines is 2. The Bertz CT molecular complexity index is 1110. The number of alkyl halides is 3. The molecule has 0 amide bonds. The number of rotatable bonds is 6. The zero-order valence-electron chi connectivity index (χ0n) is 18.4. The SMILES string of the molecule is CC(C)NS(=O)(=O)c1ccc(Nc2ncc(C(F)(F)F)c(C3CCC(C)(O)CC3)n2)c(F)c1. The lowest BCUT2D eigenvalue weighted by Gasteiger charge is -2.33. The quantitative estimate of drug-likeness (QED) is 0.516. The van der Waals surface area contributed by atoms with E-state index in [1.165, 1.54) is 6.07 Å². The highest BCUT2D eigenvalue weighted by molar-refractivity contribution is 7.89. The first kappa shape index (κ1) is 25.3. The van der Waals surface area contributed by atoms with Crippen LogP contribution in [0, 0.1) is 5.82 Å². The van der Waals surface area contributed by atoms with Crippen molar-refractivity contribution in [3.05, 3.63) is 41.5 Å². The Morgan fingerprint density at radius 3 is 2.39 bits per heavy atom. The fourth-order valence-electron chi connectivity index (χ4n) is 3.76. The summed E-state index contributed by atoms with van der Waals surface area (Å²) in [6.45, 7) is 4.89. The van der Waals surface area contributed by atoms with E-state index in [4.69, 9.17) is 0 Å². The van der Waals surface area contributed by atoms with E-state index in [-0.39, 0.29) is 22.2 Å². The molecule has 0 saturated heterocycles. The molecule has 1 saturated carbocycles. The van der Waals surface area contributed by atoms with Gasteiger partial charge in [0.15, 0.2) is 0 Å². The van der Waals surface area contributed by atoms with Crippen molar-refractivity contribution in [3.8, 4) is 0 Å². The number of hydrogen-bond donors (Lipinski definition) is 3. The van der Waals surface area contributed by atoms with Gasteiger partial charge in [0.25, 0.3) is 0 Å². The molecular weight excluding hydrogens is 464 g/mol. The molecule has 0 unspecified atom stereocenters. The van der Waals surface area contributed by atoms with Crippen LogP contribution in [0.2, 0.25) is 0 Å². The highest BCUT2D eigenvalue weighted by atomic mass is 32.2. The third kappa shape index (κ3) is 6.18. The third-order valence-corrected chi connectivity index (χ3v) is 7.12. The molecule has 33 heavy (non-hydrogen) atoms. The zero-order valence-corrected chi connectivity index (χ0v) is 19.2. The van der Waals surface area contributed by atoms with Gasteiger partial charge in [0, 0.05) is 18.2 Å². The van der Waals surface area contributed by atoms with E-state index in [9.17, 15) is 31.1 Å². The summed E-state index contributed by atoms with van der Waals surface area (Å²) in [6.07, 6.45) is -2.72. The number of sulfonamides is 1. The molecule has 1 heterocycles. The molecule has 3 rings (SSSR count). The van der Waals surface area contributed by atoms with Crippen molar-refractivity contribution in [2.45, 2.75) is 75.1 Å². The first-order valence-electron chi connectivity index (χ1n) is 10.4. The molecule has 1 aliphatic carbocycles. The molecule has 1 fully saturated rings. The van der Waals surface area contributed by atoms with Gasteiger partial charge < -0.3 is 10.4 Å². The van der Waals surface area contributed by atoms with Gasteiger partial charge in [0.2, 0.25) is 16.0 Å². The molecule has 2 aromatic rings. The Labute approximate surface area is 189 Å². The lowest BCUT2D eigenvalue weighted by atomic mass is 9.78.